The van der Waals surface area contributed by atoms with E-state index in [1.54, 1.807) is 6.07 Å². The molecular weight excluding hydrogens is 408 g/mol. The number of hydrogen-bond donors (Lipinski definition) is 4. The highest BCUT2D eigenvalue weighted by atomic mass is 16.5. The number of ether oxygens (including phenoxy) is 1. The van der Waals surface area contributed by atoms with Crippen LogP contribution in [0.25, 0.3) is 0 Å². The minimum atomic E-state index is -1.37. The number of aliphatic carboxylic acids is 1. The van der Waals surface area contributed by atoms with Gasteiger partial charge < -0.3 is 20.1 Å². The molecule has 10 heteroatoms. The molecule has 2 aromatic rings. The third-order valence-electron chi connectivity index (χ3n) is 5.68. The quantitative estimate of drug-likeness (QED) is 0.513. The topological polar surface area (TPSA) is 153 Å². The van der Waals surface area contributed by atoms with E-state index < -0.39 is 47.7 Å². The Morgan fingerprint density at radius 2 is 1.71 bits per heavy atom. The molecule has 2 heterocycles. The van der Waals surface area contributed by atoms with Gasteiger partial charge in [0.15, 0.2) is 11.5 Å². The molecule has 0 radical (unpaired) electrons. The molecular formula is C21H18N2O8. The number of amides is 2. The largest absolute Gasteiger partial charge is 0.504 e. The van der Waals surface area contributed by atoms with Crippen LogP contribution in [-0.4, -0.2) is 52.2 Å². The molecule has 4 atom stereocenters. The maximum absolute atomic E-state index is 13.3. The van der Waals surface area contributed by atoms with Crippen LogP contribution in [0.1, 0.15) is 22.0 Å². The Morgan fingerprint density at radius 3 is 2.35 bits per heavy atom. The number of fused-ring (bicyclic) bond motifs is 1. The number of carboxylic acids is 2. The van der Waals surface area contributed by atoms with E-state index in [1.807, 2.05) is 0 Å². The van der Waals surface area contributed by atoms with Crippen LogP contribution in [0.5, 0.6) is 11.5 Å². The van der Waals surface area contributed by atoms with Crippen LogP contribution >= 0.6 is 0 Å². The van der Waals surface area contributed by atoms with Crippen molar-refractivity contribution in [2.75, 3.05) is 12.0 Å². The Labute approximate surface area is 175 Å². The van der Waals surface area contributed by atoms with Gasteiger partial charge in [0, 0.05) is 11.6 Å². The molecule has 4 N–H and O–H groups in total. The molecule has 2 aliphatic heterocycles. The van der Waals surface area contributed by atoms with Gasteiger partial charge in [-0.1, -0.05) is 18.2 Å². The fourth-order valence-corrected chi connectivity index (χ4v) is 4.31. The lowest BCUT2D eigenvalue weighted by Gasteiger charge is -2.22. The third-order valence-corrected chi connectivity index (χ3v) is 5.68. The van der Waals surface area contributed by atoms with Crippen molar-refractivity contribution >= 4 is 29.4 Å². The highest BCUT2D eigenvalue weighted by Crippen LogP contribution is 2.48. The van der Waals surface area contributed by atoms with Crippen LogP contribution in [0.15, 0.2) is 42.5 Å². The number of nitrogens with zero attached hydrogens (tertiary/aromatic N) is 1. The summed E-state index contributed by atoms with van der Waals surface area (Å²) in [6, 6.07) is 7.56. The van der Waals surface area contributed by atoms with Gasteiger partial charge >= 0.3 is 11.9 Å². The number of aromatic hydroxyl groups is 1. The number of hydrogen-bond acceptors (Lipinski definition) is 7. The lowest BCUT2D eigenvalue weighted by molar-refractivity contribution is -0.142. The molecule has 0 spiro atoms. The van der Waals surface area contributed by atoms with E-state index in [2.05, 4.69) is 5.32 Å². The van der Waals surface area contributed by atoms with Crippen molar-refractivity contribution in [3.8, 4) is 11.5 Å². The van der Waals surface area contributed by atoms with Crippen LogP contribution in [0.2, 0.25) is 0 Å². The number of carbonyl (C=O) groups is 4. The van der Waals surface area contributed by atoms with E-state index in [9.17, 15) is 34.5 Å². The van der Waals surface area contributed by atoms with E-state index >= 15 is 0 Å². The summed E-state index contributed by atoms with van der Waals surface area (Å²) < 4.78 is 5.09. The number of benzene rings is 2. The number of nitrogens with one attached hydrogen (secondary N) is 1. The Bertz CT molecular complexity index is 1110. The predicted molar refractivity (Wildman–Crippen MR) is 105 cm³/mol. The average molecular weight is 426 g/mol. The van der Waals surface area contributed by atoms with E-state index in [1.165, 1.54) is 43.5 Å². The highest BCUT2D eigenvalue weighted by molar-refractivity contribution is 6.24. The van der Waals surface area contributed by atoms with Gasteiger partial charge in [-0.15, -0.1) is 0 Å². The van der Waals surface area contributed by atoms with Gasteiger partial charge in [0.05, 0.1) is 30.2 Å². The Morgan fingerprint density at radius 1 is 1.03 bits per heavy atom. The molecule has 0 aliphatic carbocycles. The van der Waals surface area contributed by atoms with Crippen molar-refractivity contribution in [2.24, 2.45) is 11.8 Å². The Balaban J connectivity index is 1.80. The molecule has 0 saturated carbocycles. The van der Waals surface area contributed by atoms with E-state index in [0.717, 1.165) is 4.90 Å². The molecule has 2 fully saturated rings. The lowest BCUT2D eigenvalue weighted by atomic mass is 9.86. The average Bonchev–Trinajstić information content (AvgIpc) is 3.25. The van der Waals surface area contributed by atoms with Gasteiger partial charge in [-0.25, -0.2) is 9.69 Å². The van der Waals surface area contributed by atoms with Crippen molar-refractivity contribution in [1.82, 2.24) is 5.32 Å². The van der Waals surface area contributed by atoms with Crippen LogP contribution in [0, 0.1) is 11.8 Å². The number of rotatable bonds is 5. The molecule has 160 valence electrons. The van der Waals surface area contributed by atoms with Gasteiger partial charge in [-0.05, 0) is 24.3 Å². The van der Waals surface area contributed by atoms with Gasteiger partial charge in [0.1, 0.15) is 6.04 Å². The number of phenols is 1. The van der Waals surface area contributed by atoms with Crippen molar-refractivity contribution < 1.29 is 39.2 Å². The monoisotopic (exact) mass is 426 g/mol. The van der Waals surface area contributed by atoms with Gasteiger partial charge in [0.25, 0.3) is 0 Å². The molecule has 4 unspecified atom stereocenters. The summed E-state index contributed by atoms with van der Waals surface area (Å²) in [5.41, 5.74) is 0.146. The van der Waals surface area contributed by atoms with E-state index in [4.69, 9.17) is 4.74 Å². The first-order chi connectivity index (χ1) is 14.8. The minimum absolute atomic E-state index is 0.0436. The van der Waals surface area contributed by atoms with E-state index in [0.29, 0.717) is 0 Å². The lowest BCUT2D eigenvalue weighted by Crippen LogP contribution is -2.43. The molecule has 2 amide bonds. The second-order valence-electron chi connectivity index (χ2n) is 7.28. The molecule has 0 aromatic heterocycles. The summed E-state index contributed by atoms with van der Waals surface area (Å²) in [5.74, 6) is -6.44. The predicted octanol–water partition coefficient (Wildman–Crippen LogP) is 1.00. The van der Waals surface area contributed by atoms with Gasteiger partial charge in [-0.3, -0.25) is 19.7 Å². The number of imide groups is 1. The second kappa shape index (κ2) is 7.40. The summed E-state index contributed by atoms with van der Waals surface area (Å²) in [4.78, 5) is 50.4. The van der Waals surface area contributed by atoms with Gasteiger partial charge in [0.2, 0.25) is 11.8 Å². The molecule has 2 aromatic carbocycles. The fraction of sp³-hybridized carbons (Fsp3) is 0.238. The third kappa shape index (κ3) is 3.08. The maximum Gasteiger partial charge on any atom is 0.335 e. The Kier molecular flexibility index (Phi) is 4.86. The zero-order valence-electron chi connectivity index (χ0n) is 16.2. The van der Waals surface area contributed by atoms with Crippen molar-refractivity contribution in [2.45, 2.75) is 12.1 Å². The van der Waals surface area contributed by atoms with Crippen LogP contribution < -0.4 is 15.0 Å². The summed E-state index contributed by atoms with van der Waals surface area (Å²) in [5, 5.41) is 32.2. The number of para-hydroxylation sites is 1. The number of anilines is 1. The van der Waals surface area contributed by atoms with E-state index in [-0.39, 0.29) is 28.3 Å². The zero-order valence-corrected chi connectivity index (χ0v) is 16.2. The first-order valence-corrected chi connectivity index (χ1v) is 9.32. The van der Waals surface area contributed by atoms with Crippen LogP contribution in [0.3, 0.4) is 0 Å². The number of aromatic carboxylic acids is 1. The number of carboxylic acid groups (broad SMARTS) is 2. The molecule has 2 saturated heterocycles. The summed E-state index contributed by atoms with van der Waals surface area (Å²) in [7, 11) is 1.35. The molecule has 0 bridgehead atoms. The number of methoxy groups -OCH3 is 1. The first-order valence-electron chi connectivity index (χ1n) is 9.32. The fourth-order valence-electron chi connectivity index (χ4n) is 4.31. The maximum atomic E-state index is 13.3. The standard InChI is InChI=1S/C21H18N2O8/c1-31-12-7-3-6-11(17(12)24)15-13-14(16(22-15)21(29)30)19(26)23(18(13)25)10-5-2-4-9(8-10)20(27)28/h2-8,13-16,22,24H,1H3,(H,27,28)(H,29,30). The second-order valence-corrected chi connectivity index (χ2v) is 7.28. The molecule has 10 nitrogen and oxygen atoms in total. The summed E-state index contributed by atoms with van der Waals surface area (Å²) in [6.07, 6.45) is 0. The number of carbonyl (C=O) groups excluding carboxylic acids is 2. The molecule has 4 rings (SSSR count). The summed E-state index contributed by atoms with van der Waals surface area (Å²) >= 11 is 0. The van der Waals surface area contributed by atoms with Crippen LogP contribution in [-0.2, 0) is 14.4 Å². The van der Waals surface area contributed by atoms with Gasteiger partial charge in [-0.2, -0.15) is 0 Å². The minimum Gasteiger partial charge on any atom is -0.504 e. The van der Waals surface area contributed by atoms with Crippen molar-refractivity contribution in [1.29, 1.82) is 0 Å². The SMILES string of the molecule is COc1cccc(C2NC(C(=O)O)C3C(=O)N(c4cccc(C(=O)O)c4)C(=O)C23)c1O. The highest BCUT2D eigenvalue weighted by Gasteiger charge is 2.61. The van der Waals surface area contributed by atoms with Crippen LogP contribution in [0.4, 0.5) is 5.69 Å². The Hall–Kier alpha value is -3.92. The van der Waals surface area contributed by atoms with Crippen molar-refractivity contribution in [3.63, 3.8) is 0 Å². The first kappa shape index (κ1) is 20.4. The molecule has 2 aliphatic rings. The zero-order chi connectivity index (χ0) is 22.4. The normalized spacial score (nSPS) is 24.9. The molecule has 31 heavy (non-hydrogen) atoms. The summed E-state index contributed by atoms with van der Waals surface area (Å²) in [6.45, 7) is 0. The van der Waals surface area contributed by atoms with Crippen molar-refractivity contribution in [3.05, 3.63) is 53.6 Å². The number of phenolic OH excluding ortho intramolecular Hbond substituents is 1. The smallest absolute Gasteiger partial charge is 0.335 e.